The highest BCUT2D eigenvalue weighted by Gasteiger charge is 2.08. The summed E-state index contributed by atoms with van der Waals surface area (Å²) < 4.78 is 12.5. The molecule has 0 bridgehead atoms. The lowest BCUT2D eigenvalue weighted by atomic mass is 10.0. The smallest absolute Gasteiger partial charge is 0.127 e. The van der Waals surface area contributed by atoms with Gasteiger partial charge in [-0.05, 0) is 47.9 Å². The van der Waals surface area contributed by atoms with Gasteiger partial charge in [0.25, 0.3) is 0 Å². The van der Waals surface area contributed by atoms with Gasteiger partial charge in [0.1, 0.15) is 11.5 Å². The molecular formula is C34H50O2. The van der Waals surface area contributed by atoms with Crippen LogP contribution in [0.15, 0.2) is 48.5 Å². The van der Waals surface area contributed by atoms with Crippen LogP contribution in [0, 0.1) is 0 Å². The molecule has 0 amide bonds. The van der Waals surface area contributed by atoms with Gasteiger partial charge < -0.3 is 9.47 Å². The molecule has 0 spiro atoms. The third-order valence-corrected chi connectivity index (χ3v) is 7.31. The summed E-state index contributed by atoms with van der Waals surface area (Å²) in [7, 11) is 0. The summed E-state index contributed by atoms with van der Waals surface area (Å²) >= 11 is 0. The number of unbranched alkanes of at least 4 members (excludes halogenated alkanes) is 14. The average Bonchev–Trinajstić information content (AvgIpc) is 2.90. The minimum Gasteiger partial charge on any atom is -0.493 e. The van der Waals surface area contributed by atoms with Crippen molar-refractivity contribution in [1.29, 1.82) is 0 Å². The van der Waals surface area contributed by atoms with Crippen molar-refractivity contribution in [1.82, 2.24) is 0 Å². The second-order valence-corrected chi connectivity index (χ2v) is 10.5. The van der Waals surface area contributed by atoms with Crippen LogP contribution in [0.3, 0.4) is 0 Å². The van der Waals surface area contributed by atoms with Crippen molar-refractivity contribution in [3.63, 3.8) is 0 Å². The zero-order valence-electron chi connectivity index (χ0n) is 23.2. The van der Waals surface area contributed by atoms with Gasteiger partial charge in [0.2, 0.25) is 0 Å². The SMILES string of the molecule is CCCCCCCCCCOc1cccc2cc3c(OCCCCCCCCCC)cccc3cc12. The van der Waals surface area contributed by atoms with E-state index in [4.69, 9.17) is 9.47 Å². The van der Waals surface area contributed by atoms with E-state index in [0.29, 0.717) is 0 Å². The van der Waals surface area contributed by atoms with Gasteiger partial charge >= 0.3 is 0 Å². The largest absolute Gasteiger partial charge is 0.493 e. The minimum atomic E-state index is 0.799. The number of fused-ring (bicyclic) bond motifs is 2. The Balaban J connectivity index is 1.48. The second kappa shape index (κ2) is 17.3. The highest BCUT2D eigenvalue weighted by molar-refractivity contribution is 6.03. The third-order valence-electron chi connectivity index (χ3n) is 7.31. The molecule has 2 heteroatoms. The van der Waals surface area contributed by atoms with Crippen LogP contribution in [-0.4, -0.2) is 13.2 Å². The molecule has 36 heavy (non-hydrogen) atoms. The highest BCUT2D eigenvalue weighted by atomic mass is 16.5. The third kappa shape index (κ3) is 9.68. The summed E-state index contributed by atoms with van der Waals surface area (Å²) in [5.41, 5.74) is 0. The van der Waals surface area contributed by atoms with E-state index < -0.39 is 0 Å². The molecule has 0 saturated carbocycles. The van der Waals surface area contributed by atoms with Crippen LogP contribution < -0.4 is 9.47 Å². The lowest BCUT2D eigenvalue weighted by molar-refractivity contribution is 0.307. The van der Waals surface area contributed by atoms with Crippen molar-refractivity contribution in [2.75, 3.05) is 13.2 Å². The first kappa shape index (κ1) is 28.4. The number of hydrogen-bond donors (Lipinski definition) is 0. The van der Waals surface area contributed by atoms with E-state index in [2.05, 4.69) is 62.4 Å². The Hall–Kier alpha value is -2.22. The molecular weight excluding hydrogens is 440 g/mol. The van der Waals surface area contributed by atoms with E-state index in [-0.39, 0.29) is 0 Å². The van der Waals surface area contributed by atoms with Gasteiger partial charge in [-0.2, -0.15) is 0 Å². The Morgan fingerprint density at radius 3 is 1.19 bits per heavy atom. The lowest BCUT2D eigenvalue weighted by Crippen LogP contribution is -1.99. The highest BCUT2D eigenvalue weighted by Crippen LogP contribution is 2.34. The van der Waals surface area contributed by atoms with Crippen LogP contribution in [0.25, 0.3) is 21.5 Å². The Labute approximate surface area is 220 Å². The van der Waals surface area contributed by atoms with Crippen molar-refractivity contribution < 1.29 is 9.47 Å². The number of rotatable bonds is 20. The molecule has 3 aromatic rings. The van der Waals surface area contributed by atoms with Crippen LogP contribution in [-0.2, 0) is 0 Å². The van der Waals surface area contributed by atoms with Gasteiger partial charge in [-0.25, -0.2) is 0 Å². The van der Waals surface area contributed by atoms with Gasteiger partial charge in [0.15, 0.2) is 0 Å². The van der Waals surface area contributed by atoms with Gasteiger partial charge in [0.05, 0.1) is 13.2 Å². The molecule has 0 radical (unpaired) electrons. The molecule has 0 atom stereocenters. The maximum atomic E-state index is 6.25. The van der Waals surface area contributed by atoms with Crippen LogP contribution in [0.5, 0.6) is 11.5 Å². The van der Waals surface area contributed by atoms with Crippen LogP contribution in [0.4, 0.5) is 0 Å². The molecule has 3 rings (SSSR count). The Kier molecular flexibility index (Phi) is 13.6. The van der Waals surface area contributed by atoms with Crippen molar-refractivity contribution >= 4 is 21.5 Å². The quantitative estimate of drug-likeness (QED) is 0.116. The van der Waals surface area contributed by atoms with E-state index in [0.717, 1.165) is 37.6 Å². The summed E-state index contributed by atoms with van der Waals surface area (Å²) in [6, 6.07) is 17.4. The number of benzene rings is 3. The zero-order valence-corrected chi connectivity index (χ0v) is 23.2. The Bertz CT molecular complexity index is 912. The number of hydrogen-bond acceptors (Lipinski definition) is 2. The van der Waals surface area contributed by atoms with E-state index >= 15 is 0 Å². The monoisotopic (exact) mass is 490 g/mol. The zero-order chi connectivity index (χ0) is 25.3. The fraction of sp³-hybridized carbons (Fsp3) is 0.588. The first-order chi connectivity index (χ1) is 17.8. The normalized spacial score (nSPS) is 11.4. The van der Waals surface area contributed by atoms with Crippen LogP contribution in [0.1, 0.15) is 117 Å². The van der Waals surface area contributed by atoms with Gasteiger partial charge in [-0.3, -0.25) is 0 Å². The fourth-order valence-electron chi connectivity index (χ4n) is 5.08. The molecule has 0 aliphatic heterocycles. The molecule has 0 fully saturated rings. The fourth-order valence-corrected chi connectivity index (χ4v) is 5.08. The standard InChI is InChI=1S/C34H50O2/c1-3-5-7-9-11-13-15-17-25-35-33-23-19-21-29-28-32-30(27-31(29)33)22-20-24-34(32)36-26-18-16-14-12-10-8-6-4-2/h19-24,27-28H,3-18,25-26H2,1-2H3. The predicted octanol–water partition coefficient (Wildman–Crippen LogP) is 11.0. The summed E-state index contributed by atoms with van der Waals surface area (Å²) in [6.07, 6.45) is 21.1. The molecule has 3 aromatic carbocycles. The minimum absolute atomic E-state index is 0.799. The van der Waals surface area contributed by atoms with E-state index in [9.17, 15) is 0 Å². The summed E-state index contributed by atoms with van der Waals surface area (Å²) in [5, 5.41) is 4.84. The van der Waals surface area contributed by atoms with Gasteiger partial charge in [-0.1, -0.05) is 128 Å². The molecule has 0 aliphatic rings. The second-order valence-electron chi connectivity index (χ2n) is 10.5. The molecule has 0 unspecified atom stereocenters. The molecule has 0 N–H and O–H groups in total. The maximum absolute atomic E-state index is 6.25. The van der Waals surface area contributed by atoms with E-state index in [1.165, 1.54) is 111 Å². The van der Waals surface area contributed by atoms with Gasteiger partial charge in [0, 0.05) is 10.8 Å². The van der Waals surface area contributed by atoms with Crippen molar-refractivity contribution in [2.45, 2.75) is 117 Å². The van der Waals surface area contributed by atoms with Crippen molar-refractivity contribution in [3.8, 4) is 11.5 Å². The molecule has 2 nitrogen and oxygen atoms in total. The van der Waals surface area contributed by atoms with E-state index in [1.807, 2.05) is 0 Å². The number of ether oxygens (including phenoxy) is 2. The molecule has 0 aliphatic carbocycles. The van der Waals surface area contributed by atoms with Gasteiger partial charge in [-0.15, -0.1) is 0 Å². The topological polar surface area (TPSA) is 18.5 Å². The molecule has 0 aromatic heterocycles. The van der Waals surface area contributed by atoms with Crippen molar-refractivity contribution in [3.05, 3.63) is 48.5 Å². The summed E-state index contributed by atoms with van der Waals surface area (Å²) in [4.78, 5) is 0. The first-order valence-corrected chi connectivity index (χ1v) is 15.0. The van der Waals surface area contributed by atoms with Crippen LogP contribution in [0.2, 0.25) is 0 Å². The Morgan fingerprint density at radius 1 is 0.444 bits per heavy atom. The predicted molar refractivity (Wildman–Crippen MR) is 158 cm³/mol. The molecule has 0 heterocycles. The van der Waals surface area contributed by atoms with Crippen molar-refractivity contribution in [2.24, 2.45) is 0 Å². The lowest BCUT2D eigenvalue weighted by Gasteiger charge is -2.13. The molecule has 198 valence electrons. The molecule has 0 saturated heterocycles. The maximum Gasteiger partial charge on any atom is 0.127 e. The summed E-state index contributed by atoms with van der Waals surface area (Å²) in [6.45, 7) is 6.15. The summed E-state index contributed by atoms with van der Waals surface area (Å²) in [5.74, 6) is 2.00. The Morgan fingerprint density at radius 2 is 0.806 bits per heavy atom. The average molecular weight is 491 g/mol. The first-order valence-electron chi connectivity index (χ1n) is 15.0. The van der Waals surface area contributed by atoms with E-state index in [1.54, 1.807) is 0 Å². The van der Waals surface area contributed by atoms with Crippen LogP contribution >= 0.6 is 0 Å².